The van der Waals surface area contributed by atoms with Gasteiger partial charge in [0.2, 0.25) is 0 Å². The van der Waals surface area contributed by atoms with Gasteiger partial charge in [-0.25, -0.2) is 0 Å². The Kier molecular flexibility index (Phi) is 11.7. The summed E-state index contributed by atoms with van der Waals surface area (Å²) >= 11 is -0.251. The van der Waals surface area contributed by atoms with E-state index in [2.05, 4.69) is 83.9 Å². The molecule has 210 valence electrons. The Morgan fingerprint density at radius 3 is 2.46 bits per heavy atom. The molecule has 2 rings (SSSR count). The van der Waals surface area contributed by atoms with Crippen molar-refractivity contribution in [1.82, 2.24) is 0 Å². The molecular formula is C29H49IO5SiSn. The zero-order chi connectivity index (χ0) is 28.3. The van der Waals surface area contributed by atoms with Gasteiger partial charge in [0.1, 0.15) is 0 Å². The molecule has 1 fully saturated rings. The van der Waals surface area contributed by atoms with Crippen LogP contribution in [0, 0.1) is 11.8 Å². The Morgan fingerprint density at radius 2 is 1.95 bits per heavy atom. The predicted molar refractivity (Wildman–Crippen MR) is 167 cm³/mol. The third-order valence-electron chi connectivity index (χ3n) is 7.99. The van der Waals surface area contributed by atoms with Crippen molar-refractivity contribution in [2.45, 2.75) is 112 Å². The molecule has 8 heteroatoms. The van der Waals surface area contributed by atoms with Gasteiger partial charge in [-0.1, -0.05) is 22.6 Å². The number of rotatable bonds is 12. The van der Waals surface area contributed by atoms with E-state index in [-0.39, 0.29) is 23.0 Å². The molecule has 0 aromatic carbocycles. The summed E-state index contributed by atoms with van der Waals surface area (Å²) in [7, 11) is -1.92. The Hall–Kier alpha value is -0.104. The number of aliphatic hydroxyl groups is 1. The molecule has 2 heterocycles. The number of allylic oxidation sites excluding steroid dienone is 1. The summed E-state index contributed by atoms with van der Waals surface area (Å²) in [5, 5.41) is 11.3. The number of hydrogen-bond acceptors (Lipinski definition) is 5. The van der Waals surface area contributed by atoms with E-state index in [0.29, 0.717) is 32.3 Å². The van der Waals surface area contributed by atoms with Crippen LogP contribution in [-0.4, -0.2) is 50.0 Å². The van der Waals surface area contributed by atoms with Gasteiger partial charge in [-0.3, -0.25) is 0 Å². The van der Waals surface area contributed by atoms with Gasteiger partial charge in [0, 0.05) is 0 Å². The van der Waals surface area contributed by atoms with Crippen LogP contribution in [0.5, 0.6) is 0 Å². The van der Waals surface area contributed by atoms with Crippen LogP contribution in [0.3, 0.4) is 0 Å². The molecule has 0 aliphatic carbocycles. The Morgan fingerprint density at radius 1 is 1.32 bits per heavy atom. The van der Waals surface area contributed by atoms with Gasteiger partial charge in [0.15, 0.2) is 0 Å². The number of aliphatic hydroxyl groups excluding tert-OH is 1. The summed E-state index contributed by atoms with van der Waals surface area (Å²) < 4.78 is 21.8. The second-order valence-corrected chi connectivity index (χ2v) is 33.2. The second-order valence-electron chi connectivity index (χ2n) is 13.5. The minimum atomic E-state index is -2.46. The molecule has 5 nitrogen and oxygen atoms in total. The zero-order valence-electron chi connectivity index (χ0n) is 24.7. The van der Waals surface area contributed by atoms with Crippen molar-refractivity contribution in [1.29, 1.82) is 0 Å². The SMILES string of the molecule is C=C(C)[C@H](Cc1o[c]([Sn]([CH3])([CH3])[CH3])cc1CO[Si](C)(C)C(C)(C)C)C[C@H](O)C1C[C@@H](C/C(C)=C/I)OC1=O. The third kappa shape index (κ3) is 9.22. The van der Waals surface area contributed by atoms with Gasteiger partial charge in [-0.15, -0.1) is 0 Å². The van der Waals surface area contributed by atoms with Gasteiger partial charge >= 0.3 is 212 Å². The Balaban J connectivity index is 2.22. The van der Waals surface area contributed by atoms with Crippen LogP contribution in [0.25, 0.3) is 0 Å². The van der Waals surface area contributed by atoms with E-state index in [1.54, 1.807) is 0 Å². The summed E-state index contributed by atoms with van der Waals surface area (Å²) in [6.45, 7) is 20.1. The minimum absolute atomic E-state index is 0.00128. The first-order valence-electron chi connectivity index (χ1n) is 13.4. The summed E-state index contributed by atoms with van der Waals surface area (Å²) in [4.78, 5) is 19.6. The fraction of sp³-hybridized carbons (Fsp3) is 0.690. The molecule has 0 amide bonds. The van der Waals surface area contributed by atoms with Crippen LogP contribution in [0.2, 0.25) is 33.0 Å². The molecule has 1 aliphatic rings. The van der Waals surface area contributed by atoms with E-state index in [1.807, 2.05) is 17.9 Å². The number of esters is 1. The molecule has 0 saturated carbocycles. The zero-order valence-corrected chi connectivity index (χ0v) is 30.7. The van der Waals surface area contributed by atoms with Crippen molar-refractivity contribution in [3.63, 3.8) is 0 Å². The van der Waals surface area contributed by atoms with Crippen molar-refractivity contribution in [3.05, 3.63) is 39.2 Å². The maximum atomic E-state index is 12.6. The molecule has 4 atom stereocenters. The summed E-state index contributed by atoms with van der Waals surface area (Å²) in [6, 6.07) is 2.23. The quantitative estimate of drug-likeness (QED) is 0.104. The van der Waals surface area contributed by atoms with Crippen LogP contribution in [0.4, 0.5) is 0 Å². The summed E-state index contributed by atoms with van der Waals surface area (Å²) in [5.74, 6) is 0.159. The van der Waals surface area contributed by atoms with Gasteiger partial charge < -0.3 is 0 Å². The van der Waals surface area contributed by atoms with Crippen LogP contribution >= 0.6 is 22.6 Å². The van der Waals surface area contributed by atoms with E-state index >= 15 is 0 Å². The average molecular weight is 751 g/mol. The van der Waals surface area contributed by atoms with Gasteiger partial charge in [-0.2, -0.15) is 0 Å². The fourth-order valence-corrected chi connectivity index (χ4v) is 8.43. The van der Waals surface area contributed by atoms with Crippen LogP contribution in [0.15, 0.2) is 32.3 Å². The Bertz CT molecular complexity index is 985. The number of furan rings is 1. The van der Waals surface area contributed by atoms with E-state index < -0.39 is 38.7 Å². The van der Waals surface area contributed by atoms with Gasteiger partial charge in [0.05, 0.1) is 0 Å². The fourth-order valence-electron chi connectivity index (χ4n) is 4.27. The number of cyclic esters (lactones) is 1. The van der Waals surface area contributed by atoms with Crippen molar-refractivity contribution >= 4 is 59.0 Å². The summed E-state index contributed by atoms with van der Waals surface area (Å²) in [6.07, 6.45) is 1.44. The molecule has 1 N–H and O–H groups in total. The maximum absolute atomic E-state index is 12.6. The molecule has 1 aliphatic heterocycles. The number of carbonyl (C=O) groups is 1. The van der Waals surface area contributed by atoms with Gasteiger partial charge in [0.25, 0.3) is 0 Å². The van der Waals surface area contributed by atoms with Crippen molar-refractivity contribution < 1.29 is 23.5 Å². The molecule has 1 aromatic rings. The van der Waals surface area contributed by atoms with Crippen molar-refractivity contribution in [2.24, 2.45) is 11.8 Å². The first-order valence-corrected chi connectivity index (χ1v) is 27.6. The van der Waals surface area contributed by atoms with E-state index in [4.69, 9.17) is 13.6 Å². The first-order chi connectivity index (χ1) is 16.9. The topological polar surface area (TPSA) is 68.9 Å². The molecular weight excluding hydrogens is 702 g/mol. The molecule has 1 saturated heterocycles. The number of hydrogen-bond donors (Lipinski definition) is 1. The summed E-state index contributed by atoms with van der Waals surface area (Å²) in [5.41, 5.74) is 3.28. The first kappa shape index (κ1) is 33.1. The molecule has 0 spiro atoms. The third-order valence-corrected chi connectivity index (χ3v) is 18.5. The Labute approximate surface area is 244 Å². The average Bonchev–Trinajstić information content (AvgIpc) is 3.33. The molecule has 0 bridgehead atoms. The second kappa shape index (κ2) is 13.0. The molecule has 1 aromatic heterocycles. The van der Waals surface area contributed by atoms with Crippen molar-refractivity contribution in [3.8, 4) is 0 Å². The van der Waals surface area contributed by atoms with Crippen molar-refractivity contribution in [2.75, 3.05) is 0 Å². The number of halogens is 1. The monoisotopic (exact) mass is 752 g/mol. The van der Waals surface area contributed by atoms with Crippen LogP contribution in [-0.2, 0) is 27.0 Å². The van der Waals surface area contributed by atoms with Gasteiger partial charge in [-0.05, 0) is 11.0 Å². The molecule has 0 radical (unpaired) electrons. The predicted octanol–water partition coefficient (Wildman–Crippen LogP) is 7.49. The van der Waals surface area contributed by atoms with E-state index in [1.165, 1.54) is 5.57 Å². The normalized spacial score (nSPS) is 21.2. The van der Waals surface area contributed by atoms with E-state index in [0.717, 1.165) is 20.7 Å². The standard InChI is InChI=1S/C26H40IO5Si.3CH3.Sn/c1-17(2)20(12-23(28)22-14-21(32-25(22)29)11-18(3)15-27)13-24-19(9-10-30-24)16-31-33(7,8)26(4,5)6;;;;/h9,15,20-23,28H,1,11-14,16H2,2-8H3;3*1H3;/b18-15+;;;;/t20-,21+,22?,23-;;;;/m0..../s1. The number of ether oxygens (including phenoxy) is 1. The number of carbonyl (C=O) groups excluding carboxylic acids is 1. The van der Waals surface area contributed by atoms with E-state index in [9.17, 15) is 9.90 Å². The molecule has 37 heavy (non-hydrogen) atoms. The van der Waals surface area contributed by atoms with Crippen LogP contribution < -0.4 is 3.78 Å². The van der Waals surface area contributed by atoms with Crippen LogP contribution in [0.1, 0.15) is 65.2 Å². The molecule has 1 unspecified atom stereocenters.